The zero-order valence-corrected chi connectivity index (χ0v) is 39.9. The van der Waals surface area contributed by atoms with E-state index in [2.05, 4.69) is 255 Å². The van der Waals surface area contributed by atoms with Crippen molar-refractivity contribution in [3.05, 3.63) is 260 Å². The topological polar surface area (TPSA) is 29.5 Å². The van der Waals surface area contributed by atoms with Crippen LogP contribution in [-0.2, 0) is 5.41 Å². The highest BCUT2D eigenvalue weighted by molar-refractivity contribution is 6.14. The third kappa shape index (κ3) is 6.73. The average molecular weight is 922 g/mol. The van der Waals surface area contributed by atoms with E-state index >= 15 is 0 Å². The number of hydrogen-bond acceptors (Lipinski definition) is 3. The van der Waals surface area contributed by atoms with Crippen molar-refractivity contribution in [3.8, 4) is 66.8 Å². The molecule has 0 bridgehead atoms. The smallest absolute Gasteiger partial charge is 0.136 e. The van der Waals surface area contributed by atoms with Gasteiger partial charge in [0.15, 0.2) is 0 Å². The fourth-order valence-electron chi connectivity index (χ4n) is 11.5. The average Bonchev–Trinajstić information content (AvgIpc) is 4.09. The fourth-order valence-corrected chi connectivity index (χ4v) is 11.5. The molecule has 2 heterocycles. The molecule has 1 aliphatic carbocycles. The molecule has 11 aromatic carbocycles. The molecule has 13 aromatic rings. The lowest BCUT2D eigenvalue weighted by Crippen LogP contribution is -2.15. The van der Waals surface area contributed by atoms with Crippen LogP contribution in [0.15, 0.2) is 258 Å². The van der Waals surface area contributed by atoms with Gasteiger partial charge in [-0.25, -0.2) is 0 Å². The molecule has 340 valence electrons. The Labute approximate surface area is 418 Å². The number of rotatable bonds is 8. The molecule has 2 aromatic heterocycles. The van der Waals surface area contributed by atoms with Gasteiger partial charge in [0.05, 0.1) is 0 Å². The minimum atomic E-state index is -0.141. The molecule has 3 heteroatoms. The van der Waals surface area contributed by atoms with Gasteiger partial charge in [-0.15, -0.1) is 0 Å². The summed E-state index contributed by atoms with van der Waals surface area (Å²) in [6.45, 7) is 4.73. The second-order valence-electron chi connectivity index (χ2n) is 19.6. The summed E-state index contributed by atoms with van der Waals surface area (Å²) in [7, 11) is 0. The van der Waals surface area contributed by atoms with Crippen molar-refractivity contribution in [1.29, 1.82) is 0 Å². The summed E-state index contributed by atoms with van der Waals surface area (Å²) >= 11 is 0. The van der Waals surface area contributed by atoms with Gasteiger partial charge in [0, 0.05) is 44.0 Å². The van der Waals surface area contributed by atoms with Gasteiger partial charge in [-0.1, -0.05) is 190 Å². The Morgan fingerprint density at radius 1 is 0.292 bits per heavy atom. The van der Waals surface area contributed by atoms with E-state index in [0.717, 1.165) is 83.2 Å². The Morgan fingerprint density at radius 2 is 0.736 bits per heavy atom. The highest BCUT2D eigenvalue weighted by Crippen LogP contribution is 2.53. The number of fused-ring (bicyclic) bond motifs is 9. The first-order valence-electron chi connectivity index (χ1n) is 24.8. The second-order valence-corrected chi connectivity index (χ2v) is 19.6. The molecule has 1 aliphatic rings. The van der Waals surface area contributed by atoms with Crippen LogP contribution in [0.1, 0.15) is 25.0 Å². The van der Waals surface area contributed by atoms with Crippen LogP contribution in [0, 0.1) is 0 Å². The van der Waals surface area contributed by atoms with Crippen molar-refractivity contribution >= 4 is 60.9 Å². The summed E-state index contributed by atoms with van der Waals surface area (Å²) in [5.74, 6) is 0. The number of nitrogens with zero attached hydrogens (tertiary/aromatic N) is 1. The number of benzene rings is 11. The van der Waals surface area contributed by atoms with Crippen molar-refractivity contribution in [1.82, 2.24) is 0 Å². The van der Waals surface area contributed by atoms with Crippen LogP contribution in [0.25, 0.3) is 111 Å². The van der Waals surface area contributed by atoms with Gasteiger partial charge in [-0.05, 0) is 151 Å². The Kier molecular flexibility index (Phi) is 9.56. The maximum atomic E-state index is 6.46. The summed E-state index contributed by atoms with van der Waals surface area (Å²) < 4.78 is 12.8. The summed E-state index contributed by atoms with van der Waals surface area (Å²) in [5.41, 5.74) is 23.8. The van der Waals surface area contributed by atoms with E-state index in [9.17, 15) is 0 Å². The molecule has 3 nitrogen and oxygen atoms in total. The molecule has 0 saturated carbocycles. The van der Waals surface area contributed by atoms with E-state index < -0.39 is 0 Å². The molecule has 0 aliphatic heterocycles. The molecule has 0 amide bonds. The van der Waals surface area contributed by atoms with Crippen LogP contribution >= 0.6 is 0 Å². The molecule has 0 spiro atoms. The fraction of sp³-hybridized carbons (Fsp3) is 0.0435. The van der Waals surface area contributed by atoms with Crippen LogP contribution in [0.2, 0.25) is 0 Å². The van der Waals surface area contributed by atoms with Crippen LogP contribution < -0.4 is 4.90 Å². The van der Waals surface area contributed by atoms with Crippen molar-refractivity contribution in [2.45, 2.75) is 19.3 Å². The maximum Gasteiger partial charge on any atom is 0.136 e. The van der Waals surface area contributed by atoms with E-state index in [4.69, 9.17) is 8.83 Å². The molecule has 0 N–H and O–H groups in total. The molecule has 0 radical (unpaired) electrons. The van der Waals surface area contributed by atoms with Gasteiger partial charge in [0.2, 0.25) is 0 Å². The van der Waals surface area contributed by atoms with Crippen molar-refractivity contribution in [2.75, 3.05) is 4.90 Å². The van der Waals surface area contributed by atoms with Crippen molar-refractivity contribution in [2.24, 2.45) is 0 Å². The Balaban J connectivity index is 0.852. The Bertz CT molecular complexity index is 4200. The SMILES string of the molecule is CC1(C)c2cc(-c3ccc(N(c4ccc(-c5cccc6oc7ccccc7c56)cc4)c4ccc(-c5cccc6oc7ccc(-c8ccccc8)cc7c56)cc4)cc3)ccc2-c2c(-c3ccccc3)cccc21. The summed E-state index contributed by atoms with van der Waals surface area (Å²) in [4.78, 5) is 2.36. The van der Waals surface area contributed by atoms with Gasteiger partial charge in [-0.2, -0.15) is 0 Å². The van der Waals surface area contributed by atoms with E-state index in [0.29, 0.717) is 0 Å². The van der Waals surface area contributed by atoms with E-state index in [-0.39, 0.29) is 5.41 Å². The van der Waals surface area contributed by atoms with Crippen molar-refractivity contribution < 1.29 is 8.83 Å². The highest BCUT2D eigenvalue weighted by Gasteiger charge is 2.37. The predicted molar refractivity (Wildman–Crippen MR) is 300 cm³/mol. The zero-order chi connectivity index (χ0) is 47.9. The van der Waals surface area contributed by atoms with Gasteiger partial charge in [0.1, 0.15) is 22.3 Å². The molecule has 14 rings (SSSR count). The third-order valence-corrected chi connectivity index (χ3v) is 15.1. The maximum absolute atomic E-state index is 6.46. The molecular weight excluding hydrogens is 875 g/mol. The minimum absolute atomic E-state index is 0.141. The van der Waals surface area contributed by atoms with Crippen LogP contribution in [-0.4, -0.2) is 0 Å². The van der Waals surface area contributed by atoms with E-state index in [1.165, 1.54) is 55.6 Å². The first-order chi connectivity index (χ1) is 35.4. The zero-order valence-electron chi connectivity index (χ0n) is 39.9. The predicted octanol–water partition coefficient (Wildman–Crippen LogP) is 19.6. The van der Waals surface area contributed by atoms with Gasteiger partial charge in [-0.3, -0.25) is 0 Å². The van der Waals surface area contributed by atoms with E-state index in [1.807, 2.05) is 12.1 Å². The number of furan rings is 2. The number of hydrogen-bond donors (Lipinski definition) is 0. The molecular formula is C69H47NO2. The first-order valence-corrected chi connectivity index (χ1v) is 24.8. The lowest BCUT2D eigenvalue weighted by molar-refractivity contribution is 0.660. The largest absolute Gasteiger partial charge is 0.456 e. The van der Waals surface area contributed by atoms with Crippen LogP contribution in [0.4, 0.5) is 17.1 Å². The summed E-state index contributed by atoms with van der Waals surface area (Å²) in [6.07, 6.45) is 0. The van der Waals surface area contributed by atoms with Crippen LogP contribution in [0.3, 0.4) is 0 Å². The molecule has 0 atom stereocenters. The molecule has 72 heavy (non-hydrogen) atoms. The first kappa shape index (κ1) is 41.8. The Morgan fingerprint density at radius 3 is 1.38 bits per heavy atom. The lowest BCUT2D eigenvalue weighted by Gasteiger charge is -2.26. The standard InChI is InChI=1S/C69H47NO2/c1-69(2)60-22-11-19-54(46-16-7-4-8-17-46)66(60)57-40-32-50(43-61(57)69)45-26-34-51(35-27-45)70(52-36-28-47(29-37-52)55-20-12-24-64-67(55)58-18-9-10-23-62(58)71-64)53-38-30-48(31-39-53)56-21-13-25-65-68(56)59-42-49(33-41-63(59)72-65)44-14-5-3-6-15-44/h3-43H,1-2H3. The normalized spacial score (nSPS) is 12.7. The van der Waals surface area contributed by atoms with Crippen LogP contribution in [0.5, 0.6) is 0 Å². The summed E-state index contributed by atoms with van der Waals surface area (Å²) in [6, 6.07) is 89.7. The molecule has 0 fully saturated rings. The van der Waals surface area contributed by atoms with Gasteiger partial charge in [0.25, 0.3) is 0 Å². The minimum Gasteiger partial charge on any atom is -0.456 e. The number of para-hydroxylation sites is 1. The third-order valence-electron chi connectivity index (χ3n) is 15.1. The lowest BCUT2D eigenvalue weighted by atomic mass is 9.81. The molecule has 0 saturated heterocycles. The number of anilines is 3. The molecule has 0 unspecified atom stereocenters. The van der Waals surface area contributed by atoms with Gasteiger partial charge < -0.3 is 13.7 Å². The quantitative estimate of drug-likeness (QED) is 0.152. The van der Waals surface area contributed by atoms with Crippen molar-refractivity contribution in [3.63, 3.8) is 0 Å². The second kappa shape index (κ2) is 16.5. The Hall–Kier alpha value is -9.18. The monoisotopic (exact) mass is 921 g/mol. The van der Waals surface area contributed by atoms with E-state index in [1.54, 1.807) is 0 Å². The van der Waals surface area contributed by atoms with Gasteiger partial charge >= 0.3 is 0 Å². The highest BCUT2D eigenvalue weighted by atomic mass is 16.3. The summed E-state index contributed by atoms with van der Waals surface area (Å²) in [5, 5.41) is 4.49.